The Morgan fingerprint density at radius 3 is 2.89 bits per heavy atom. The van der Waals surface area contributed by atoms with Gasteiger partial charge in [-0.05, 0) is 24.6 Å². The van der Waals surface area contributed by atoms with Crippen LogP contribution in [0, 0.1) is 0 Å². The summed E-state index contributed by atoms with van der Waals surface area (Å²) < 4.78 is 22.5. The van der Waals surface area contributed by atoms with E-state index in [0.717, 1.165) is 10.6 Å². The minimum absolute atomic E-state index is 0.123. The standard InChI is InChI=1S/C12H15N3O2S2/c1-9(12-14-5-6-18-12)15-8-10-3-2-4-11(7-10)19(13,16)17/h2-7,9,15H,8H2,1H3,(H2,13,16,17). The Morgan fingerprint density at radius 1 is 1.47 bits per heavy atom. The summed E-state index contributed by atoms with van der Waals surface area (Å²) in [4.78, 5) is 4.36. The molecule has 7 heteroatoms. The highest BCUT2D eigenvalue weighted by atomic mass is 32.2. The molecule has 19 heavy (non-hydrogen) atoms. The van der Waals surface area contributed by atoms with Crippen LogP contribution >= 0.6 is 11.3 Å². The van der Waals surface area contributed by atoms with Crippen molar-refractivity contribution < 1.29 is 8.42 Å². The summed E-state index contributed by atoms with van der Waals surface area (Å²) >= 11 is 1.58. The molecule has 0 radical (unpaired) electrons. The molecule has 0 fully saturated rings. The maximum Gasteiger partial charge on any atom is 0.238 e. The van der Waals surface area contributed by atoms with Crippen LogP contribution in [0.1, 0.15) is 23.5 Å². The maximum absolute atomic E-state index is 11.3. The van der Waals surface area contributed by atoms with E-state index in [1.165, 1.54) is 6.07 Å². The van der Waals surface area contributed by atoms with Crippen LogP contribution in [0.5, 0.6) is 0 Å². The molecule has 0 aliphatic heterocycles. The zero-order valence-corrected chi connectivity index (χ0v) is 12.0. The van der Waals surface area contributed by atoms with E-state index in [-0.39, 0.29) is 10.9 Å². The smallest absolute Gasteiger partial charge is 0.238 e. The third-order valence-corrected chi connectivity index (χ3v) is 4.53. The summed E-state index contributed by atoms with van der Waals surface area (Å²) in [7, 11) is -3.65. The summed E-state index contributed by atoms with van der Waals surface area (Å²) in [5, 5.41) is 11.3. The number of rotatable bonds is 5. The highest BCUT2D eigenvalue weighted by molar-refractivity contribution is 7.89. The van der Waals surface area contributed by atoms with Crippen LogP contribution in [-0.4, -0.2) is 13.4 Å². The van der Waals surface area contributed by atoms with Crippen LogP contribution < -0.4 is 10.5 Å². The molecule has 1 aromatic carbocycles. The average molecular weight is 297 g/mol. The van der Waals surface area contributed by atoms with Crippen molar-refractivity contribution in [2.45, 2.75) is 24.4 Å². The molecule has 0 aliphatic carbocycles. The van der Waals surface area contributed by atoms with E-state index in [1.807, 2.05) is 18.4 Å². The Morgan fingerprint density at radius 2 is 2.26 bits per heavy atom. The van der Waals surface area contributed by atoms with Gasteiger partial charge in [0, 0.05) is 18.1 Å². The molecule has 0 saturated carbocycles. The molecule has 0 spiro atoms. The van der Waals surface area contributed by atoms with Gasteiger partial charge in [0.05, 0.1) is 10.9 Å². The molecule has 1 unspecified atom stereocenters. The Balaban J connectivity index is 2.04. The number of nitrogens with zero attached hydrogens (tertiary/aromatic N) is 1. The van der Waals surface area contributed by atoms with Crippen LogP contribution in [0.3, 0.4) is 0 Å². The van der Waals surface area contributed by atoms with Gasteiger partial charge in [0.2, 0.25) is 10.0 Å². The largest absolute Gasteiger partial charge is 0.304 e. The van der Waals surface area contributed by atoms with E-state index >= 15 is 0 Å². The predicted octanol–water partition coefficient (Wildman–Crippen LogP) is 1.64. The lowest BCUT2D eigenvalue weighted by Crippen LogP contribution is -2.18. The zero-order chi connectivity index (χ0) is 13.9. The molecule has 1 heterocycles. The third-order valence-electron chi connectivity index (χ3n) is 2.66. The quantitative estimate of drug-likeness (QED) is 0.878. The normalized spacial score (nSPS) is 13.4. The van der Waals surface area contributed by atoms with Gasteiger partial charge in [-0.3, -0.25) is 0 Å². The van der Waals surface area contributed by atoms with Gasteiger partial charge in [-0.1, -0.05) is 12.1 Å². The number of sulfonamides is 1. The van der Waals surface area contributed by atoms with Gasteiger partial charge < -0.3 is 5.32 Å². The van der Waals surface area contributed by atoms with Crippen molar-refractivity contribution in [1.29, 1.82) is 0 Å². The molecule has 1 aromatic heterocycles. The number of hydrogen-bond donors (Lipinski definition) is 2. The monoisotopic (exact) mass is 297 g/mol. The number of hydrogen-bond acceptors (Lipinski definition) is 5. The molecule has 3 N–H and O–H groups in total. The Hall–Kier alpha value is -1.28. The van der Waals surface area contributed by atoms with Crippen molar-refractivity contribution in [3.8, 4) is 0 Å². The minimum atomic E-state index is -3.65. The van der Waals surface area contributed by atoms with Gasteiger partial charge in [-0.15, -0.1) is 11.3 Å². The van der Waals surface area contributed by atoms with E-state index in [2.05, 4.69) is 10.3 Å². The van der Waals surface area contributed by atoms with Gasteiger partial charge in [-0.2, -0.15) is 0 Å². The van der Waals surface area contributed by atoms with E-state index in [9.17, 15) is 8.42 Å². The number of benzene rings is 1. The van der Waals surface area contributed by atoms with Crippen LogP contribution in [0.2, 0.25) is 0 Å². The van der Waals surface area contributed by atoms with Crippen molar-refractivity contribution in [2.24, 2.45) is 5.14 Å². The summed E-state index contributed by atoms with van der Waals surface area (Å²) in [5.41, 5.74) is 0.870. The van der Waals surface area contributed by atoms with Crippen molar-refractivity contribution in [3.63, 3.8) is 0 Å². The summed E-state index contributed by atoms with van der Waals surface area (Å²) in [6.45, 7) is 2.58. The average Bonchev–Trinajstić information content (AvgIpc) is 2.89. The van der Waals surface area contributed by atoms with E-state index in [1.54, 1.807) is 29.7 Å². The van der Waals surface area contributed by atoms with E-state index < -0.39 is 10.0 Å². The number of aromatic nitrogens is 1. The minimum Gasteiger partial charge on any atom is -0.304 e. The fourth-order valence-electron chi connectivity index (χ4n) is 1.64. The van der Waals surface area contributed by atoms with Gasteiger partial charge in [0.15, 0.2) is 0 Å². The Bertz CT molecular complexity index is 639. The lowest BCUT2D eigenvalue weighted by atomic mass is 10.2. The first-order chi connectivity index (χ1) is 8.97. The fraction of sp³-hybridized carbons (Fsp3) is 0.250. The Kier molecular flexibility index (Phi) is 4.31. The first-order valence-corrected chi connectivity index (χ1v) is 8.14. The molecule has 0 bridgehead atoms. The maximum atomic E-state index is 11.3. The van der Waals surface area contributed by atoms with Crippen LogP contribution in [0.15, 0.2) is 40.7 Å². The molecule has 0 amide bonds. The predicted molar refractivity (Wildman–Crippen MR) is 75.2 cm³/mol. The van der Waals surface area contributed by atoms with Crippen LogP contribution in [0.25, 0.3) is 0 Å². The van der Waals surface area contributed by atoms with Gasteiger partial charge in [0.1, 0.15) is 5.01 Å². The van der Waals surface area contributed by atoms with E-state index in [4.69, 9.17) is 5.14 Å². The lowest BCUT2D eigenvalue weighted by molar-refractivity contribution is 0.570. The van der Waals surface area contributed by atoms with Gasteiger partial charge in [-0.25, -0.2) is 18.5 Å². The number of primary sulfonamides is 1. The molecule has 0 aliphatic rings. The molecular weight excluding hydrogens is 282 g/mol. The lowest BCUT2D eigenvalue weighted by Gasteiger charge is -2.11. The molecule has 102 valence electrons. The molecular formula is C12H15N3O2S2. The van der Waals surface area contributed by atoms with Crippen molar-refractivity contribution in [3.05, 3.63) is 46.4 Å². The van der Waals surface area contributed by atoms with Crippen LogP contribution in [0.4, 0.5) is 0 Å². The molecule has 2 aromatic rings. The molecule has 5 nitrogen and oxygen atoms in total. The fourth-order valence-corrected chi connectivity index (χ4v) is 2.89. The van der Waals surface area contributed by atoms with E-state index in [0.29, 0.717) is 6.54 Å². The first kappa shape index (κ1) is 14.1. The van der Waals surface area contributed by atoms with Crippen molar-refractivity contribution in [2.75, 3.05) is 0 Å². The van der Waals surface area contributed by atoms with Gasteiger partial charge in [0.25, 0.3) is 0 Å². The molecule has 2 rings (SSSR count). The highest BCUT2D eigenvalue weighted by Gasteiger charge is 2.10. The number of nitrogens with two attached hydrogens (primary N) is 1. The van der Waals surface area contributed by atoms with Crippen LogP contribution in [-0.2, 0) is 16.6 Å². The topological polar surface area (TPSA) is 85.1 Å². The van der Waals surface area contributed by atoms with Crippen molar-refractivity contribution >= 4 is 21.4 Å². The van der Waals surface area contributed by atoms with Gasteiger partial charge >= 0.3 is 0 Å². The molecule has 1 atom stereocenters. The second-order valence-corrected chi connectivity index (χ2v) is 6.65. The summed E-state index contributed by atoms with van der Waals surface area (Å²) in [6, 6.07) is 6.74. The number of thiazole rings is 1. The first-order valence-electron chi connectivity index (χ1n) is 5.71. The zero-order valence-electron chi connectivity index (χ0n) is 10.4. The highest BCUT2D eigenvalue weighted by Crippen LogP contribution is 2.16. The number of nitrogens with one attached hydrogen (secondary N) is 1. The third kappa shape index (κ3) is 3.84. The second-order valence-electron chi connectivity index (χ2n) is 4.17. The second kappa shape index (κ2) is 5.79. The Labute approximate surface area is 116 Å². The summed E-state index contributed by atoms with van der Waals surface area (Å²) in [5.74, 6) is 0. The molecule has 0 saturated heterocycles. The summed E-state index contributed by atoms with van der Waals surface area (Å²) in [6.07, 6.45) is 1.76. The SMILES string of the molecule is CC(NCc1cccc(S(N)(=O)=O)c1)c1nccs1. The van der Waals surface area contributed by atoms with Crippen molar-refractivity contribution in [1.82, 2.24) is 10.3 Å².